The van der Waals surface area contributed by atoms with E-state index in [1.165, 1.54) is 0 Å². The summed E-state index contributed by atoms with van der Waals surface area (Å²) in [4.78, 5) is -2.41. The highest BCUT2D eigenvalue weighted by Crippen LogP contribution is 2.45. The Morgan fingerprint density at radius 3 is 1.74 bits per heavy atom. The highest BCUT2D eigenvalue weighted by molar-refractivity contribution is 7.93. The summed E-state index contributed by atoms with van der Waals surface area (Å²) in [7, 11) is -5.53. The average molecular weight is 356 g/mol. The fourth-order valence-corrected chi connectivity index (χ4v) is 5.91. The van der Waals surface area contributed by atoms with Gasteiger partial charge in [0.2, 0.25) is 0 Å². The number of hydrogen-bond donors (Lipinski definition) is 2. The molecule has 2 unspecified atom stereocenters. The summed E-state index contributed by atoms with van der Waals surface area (Å²) in [5, 5.41) is 0. The zero-order chi connectivity index (χ0) is 17.3. The molecule has 2 saturated carbocycles. The molecule has 0 saturated heterocycles. The van der Waals surface area contributed by atoms with Crippen molar-refractivity contribution in [3.63, 3.8) is 0 Å². The maximum absolute atomic E-state index is 13.3. The molecule has 0 aromatic rings. The van der Waals surface area contributed by atoms with Gasteiger partial charge in [-0.05, 0) is 37.5 Å². The van der Waals surface area contributed by atoms with Crippen molar-refractivity contribution in [3.8, 4) is 0 Å². The summed E-state index contributed by atoms with van der Waals surface area (Å²) in [5.74, 6) is -0.979. The van der Waals surface area contributed by atoms with E-state index in [0.29, 0.717) is 38.5 Å². The molecule has 0 amide bonds. The third-order valence-electron chi connectivity index (χ3n) is 5.69. The smallest absolute Gasteiger partial charge is 0.325 e. The Bertz CT molecular complexity index is 497. The molecule has 2 aliphatic rings. The van der Waals surface area contributed by atoms with E-state index in [2.05, 4.69) is 0 Å². The van der Waals surface area contributed by atoms with E-state index >= 15 is 0 Å². The third-order valence-corrected chi connectivity index (χ3v) is 7.84. The van der Waals surface area contributed by atoms with Gasteiger partial charge in [-0.15, -0.1) is 0 Å². The lowest BCUT2D eigenvalue weighted by Gasteiger charge is -2.46. The van der Waals surface area contributed by atoms with Crippen molar-refractivity contribution in [2.24, 2.45) is 23.3 Å². The molecule has 0 radical (unpaired) electrons. The van der Waals surface area contributed by atoms with Crippen LogP contribution in [-0.2, 0) is 9.84 Å². The Kier molecular flexibility index (Phi) is 5.68. The molecule has 8 heteroatoms. The molecule has 0 aromatic heterocycles. The minimum Gasteiger partial charge on any atom is -0.325 e. The van der Waals surface area contributed by atoms with Gasteiger partial charge in [0.15, 0.2) is 0 Å². The van der Waals surface area contributed by atoms with E-state index in [1.807, 2.05) is 0 Å². The number of halogens is 3. The van der Waals surface area contributed by atoms with Gasteiger partial charge in [-0.2, -0.15) is 13.2 Å². The lowest BCUT2D eigenvalue weighted by atomic mass is 9.74. The van der Waals surface area contributed by atoms with Gasteiger partial charge in [0.25, 0.3) is 9.84 Å². The summed E-state index contributed by atoms with van der Waals surface area (Å²) >= 11 is 0. The van der Waals surface area contributed by atoms with E-state index < -0.39 is 32.2 Å². The first kappa shape index (κ1) is 19.0. The quantitative estimate of drug-likeness (QED) is 0.810. The molecule has 0 aromatic carbocycles. The molecule has 2 aliphatic carbocycles. The van der Waals surface area contributed by atoms with Crippen LogP contribution in [-0.4, -0.2) is 24.8 Å². The number of nitrogens with two attached hydrogens (primary N) is 2. The summed E-state index contributed by atoms with van der Waals surface area (Å²) < 4.78 is 64.5. The number of rotatable bonds is 4. The van der Waals surface area contributed by atoms with Crippen LogP contribution in [0.5, 0.6) is 0 Å². The van der Waals surface area contributed by atoms with Crippen molar-refractivity contribution in [2.75, 3.05) is 0 Å². The van der Waals surface area contributed by atoms with Crippen molar-refractivity contribution in [2.45, 2.75) is 80.6 Å². The van der Waals surface area contributed by atoms with Gasteiger partial charge in [0, 0.05) is 6.04 Å². The lowest BCUT2D eigenvalue weighted by molar-refractivity contribution is -0.0484. The number of alkyl halides is 3. The molecule has 23 heavy (non-hydrogen) atoms. The largest absolute Gasteiger partial charge is 0.499 e. The minimum absolute atomic E-state index is 0.257. The summed E-state index contributed by atoms with van der Waals surface area (Å²) in [6, 6.07) is -1.17. The first-order chi connectivity index (χ1) is 10.6. The maximum atomic E-state index is 13.3. The fraction of sp³-hybridized carbons (Fsp3) is 1.00. The van der Waals surface area contributed by atoms with Gasteiger partial charge in [-0.3, -0.25) is 0 Å². The Hall–Kier alpha value is -0.340. The molecule has 0 heterocycles. The molecule has 0 aliphatic heterocycles. The Balaban J connectivity index is 2.41. The topological polar surface area (TPSA) is 86.2 Å². The molecule has 2 atom stereocenters. The van der Waals surface area contributed by atoms with Crippen molar-refractivity contribution >= 4 is 9.84 Å². The van der Waals surface area contributed by atoms with E-state index in [9.17, 15) is 21.6 Å². The molecule has 0 bridgehead atoms. The van der Waals surface area contributed by atoms with Gasteiger partial charge in [0.05, 0.1) is 0 Å². The first-order valence-corrected chi connectivity index (χ1v) is 9.96. The van der Waals surface area contributed by atoms with Gasteiger partial charge in [-0.25, -0.2) is 8.42 Å². The molecule has 4 nitrogen and oxygen atoms in total. The van der Waals surface area contributed by atoms with Crippen LogP contribution >= 0.6 is 0 Å². The summed E-state index contributed by atoms with van der Waals surface area (Å²) in [6.45, 7) is 0. The van der Waals surface area contributed by atoms with Crippen LogP contribution in [0.15, 0.2) is 0 Å². The van der Waals surface area contributed by atoms with Crippen molar-refractivity contribution in [1.29, 1.82) is 0 Å². The molecule has 2 rings (SSSR count). The standard InChI is InChI=1S/C15H27F3N2O2S/c16-15(17,18)23(21,22)14(20,12-9-5-2-6-10-12)13(19)11-7-3-1-4-8-11/h11-13H,1-10,19-20H2. The molecular formula is C15H27F3N2O2S. The van der Waals surface area contributed by atoms with Crippen LogP contribution in [0.4, 0.5) is 13.2 Å². The van der Waals surface area contributed by atoms with Crippen LogP contribution in [0, 0.1) is 11.8 Å². The van der Waals surface area contributed by atoms with E-state index in [1.54, 1.807) is 0 Å². The van der Waals surface area contributed by atoms with Crippen LogP contribution in [0.3, 0.4) is 0 Å². The predicted octanol–water partition coefficient (Wildman–Crippen LogP) is 3.06. The van der Waals surface area contributed by atoms with Crippen molar-refractivity contribution in [1.82, 2.24) is 0 Å². The Morgan fingerprint density at radius 1 is 0.870 bits per heavy atom. The van der Waals surface area contributed by atoms with Gasteiger partial charge in [-0.1, -0.05) is 38.5 Å². The number of sulfone groups is 1. The highest BCUT2D eigenvalue weighted by Gasteiger charge is 2.64. The molecule has 4 N–H and O–H groups in total. The van der Waals surface area contributed by atoms with Gasteiger partial charge in [0.1, 0.15) is 4.87 Å². The monoisotopic (exact) mass is 356 g/mol. The van der Waals surface area contributed by atoms with Gasteiger partial charge >= 0.3 is 5.51 Å². The van der Waals surface area contributed by atoms with E-state index in [0.717, 1.165) is 25.7 Å². The molecular weight excluding hydrogens is 329 g/mol. The lowest BCUT2D eigenvalue weighted by Crippen LogP contribution is -2.70. The van der Waals surface area contributed by atoms with Crippen LogP contribution < -0.4 is 11.5 Å². The first-order valence-electron chi connectivity index (χ1n) is 8.47. The van der Waals surface area contributed by atoms with Crippen molar-refractivity contribution < 1.29 is 21.6 Å². The predicted molar refractivity (Wildman–Crippen MR) is 83.0 cm³/mol. The zero-order valence-electron chi connectivity index (χ0n) is 13.3. The molecule has 136 valence electrons. The SMILES string of the molecule is NC(C1CCCCC1)C(N)(C1CCCCC1)S(=O)(=O)C(F)(F)F. The minimum atomic E-state index is -5.53. The third kappa shape index (κ3) is 3.39. The number of hydrogen-bond acceptors (Lipinski definition) is 4. The van der Waals surface area contributed by atoms with Crippen LogP contribution in [0.1, 0.15) is 64.2 Å². The van der Waals surface area contributed by atoms with Crippen LogP contribution in [0.25, 0.3) is 0 Å². The van der Waals surface area contributed by atoms with E-state index in [-0.39, 0.29) is 5.92 Å². The van der Waals surface area contributed by atoms with Crippen LogP contribution in [0.2, 0.25) is 0 Å². The normalized spacial score (nSPS) is 26.7. The highest BCUT2D eigenvalue weighted by atomic mass is 32.2. The second-order valence-corrected chi connectivity index (χ2v) is 9.24. The zero-order valence-corrected chi connectivity index (χ0v) is 14.1. The van der Waals surface area contributed by atoms with Gasteiger partial charge < -0.3 is 11.5 Å². The average Bonchev–Trinajstić information content (AvgIpc) is 2.53. The molecule has 2 fully saturated rings. The summed E-state index contributed by atoms with van der Waals surface area (Å²) in [6.07, 6.45) is 7.14. The van der Waals surface area contributed by atoms with Crippen molar-refractivity contribution in [3.05, 3.63) is 0 Å². The van der Waals surface area contributed by atoms with E-state index in [4.69, 9.17) is 11.5 Å². The Morgan fingerprint density at radius 2 is 1.30 bits per heavy atom. The maximum Gasteiger partial charge on any atom is 0.499 e. The Labute approximate surface area is 136 Å². The summed E-state index contributed by atoms with van der Waals surface area (Å²) in [5.41, 5.74) is 6.84. The molecule has 0 spiro atoms. The fourth-order valence-electron chi connectivity index (χ4n) is 4.29. The second kappa shape index (κ2) is 6.88. The second-order valence-electron chi connectivity index (χ2n) is 7.06.